The van der Waals surface area contributed by atoms with Crippen molar-refractivity contribution in [2.75, 3.05) is 25.0 Å². The minimum Gasteiger partial charge on any atom is -0.492 e. The molecule has 24 heavy (non-hydrogen) atoms. The molecule has 1 amide bonds. The van der Waals surface area contributed by atoms with Crippen LogP contribution in [0.2, 0.25) is 0 Å². The topological polar surface area (TPSA) is 102 Å². The highest BCUT2D eigenvalue weighted by Crippen LogP contribution is 2.30. The Kier molecular flexibility index (Phi) is 9.27. The zero-order chi connectivity index (χ0) is 17.6. The number of nitrogens with two attached hydrogens (primary N) is 1. The smallest absolute Gasteiger partial charge is 0.246 e. The molecule has 0 heterocycles. The molecule has 1 aromatic rings. The van der Waals surface area contributed by atoms with Gasteiger partial charge in [0.1, 0.15) is 10.6 Å². The second-order valence-electron chi connectivity index (χ2n) is 4.96. The van der Waals surface area contributed by atoms with Crippen molar-refractivity contribution in [3.05, 3.63) is 18.2 Å². The van der Waals surface area contributed by atoms with Crippen LogP contribution >= 0.6 is 12.4 Å². The van der Waals surface area contributed by atoms with E-state index < -0.39 is 16.1 Å². The van der Waals surface area contributed by atoms with Crippen molar-refractivity contribution in [1.29, 1.82) is 0 Å². The largest absolute Gasteiger partial charge is 0.492 e. The van der Waals surface area contributed by atoms with Gasteiger partial charge in [0.25, 0.3) is 0 Å². The first kappa shape index (κ1) is 22.6. The van der Waals surface area contributed by atoms with E-state index in [2.05, 4.69) is 5.32 Å². The fourth-order valence-electron chi connectivity index (χ4n) is 2.02. The lowest BCUT2D eigenvalue weighted by molar-refractivity contribution is -0.117. The number of ether oxygens (including phenoxy) is 1. The zero-order valence-electron chi connectivity index (χ0n) is 14.4. The van der Waals surface area contributed by atoms with Gasteiger partial charge >= 0.3 is 0 Å². The van der Waals surface area contributed by atoms with E-state index >= 15 is 0 Å². The monoisotopic (exact) mass is 379 g/mol. The quantitative estimate of drug-likeness (QED) is 0.717. The van der Waals surface area contributed by atoms with Gasteiger partial charge in [0, 0.05) is 18.8 Å². The standard InChI is InChI=1S/C15H25N3O4S.ClH/c1-5-18(6-2)23(20,21)14-10-12(17-15(19)11(4)16)8-9-13(14)22-7-3;/h8-11H,5-7,16H2,1-4H3,(H,17,19);1H/t11-;/m0./s1. The van der Waals surface area contributed by atoms with Crippen molar-refractivity contribution < 1.29 is 17.9 Å². The Morgan fingerprint density at radius 3 is 2.33 bits per heavy atom. The van der Waals surface area contributed by atoms with Crippen molar-refractivity contribution in [1.82, 2.24) is 4.31 Å². The zero-order valence-corrected chi connectivity index (χ0v) is 16.0. The first-order valence-corrected chi connectivity index (χ1v) is 9.05. The maximum atomic E-state index is 12.8. The molecular formula is C15H26ClN3O4S. The lowest BCUT2D eigenvalue weighted by Gasteiger charge is -2.21. The molecule has 1 atom stereocenters. The Balaban J connectivity index is 0.00000529. The molecule has 0 aliphatic heterocycles. The normalized spacial score (nSPS) is 12.4. The van der Waals surface area contributed by atoms with Crippen molar-refractivity contribution in [3.63, 3.8) is 0 Å². The van der Waals surface area contributed by atoms with Crippen molar-refractivity contribution >= 4 is 34.0 Å². The van der Waals surface area contributed by atoms with Crippen LogP contribution in [0, 0.1) is 0 Å². The van der Waals surface area contributed by atoms with E-state index in [1.54, 1.807) is 33.8 Å². The number of halogens is 1. The molecule has 9 heteroatoms. The van der Waals surface area contributed by atoms with E-state index in [1.165, 1.54) is 16.4 Å². The van der Waals surface area contributed by atoms with E-state index in [1.807, 2.05) is 0 Å². The van der Waals surface area contributed by atoms with Gasteiger partial charge in [-0.25, -0.2) is 8.42 Å². The fourth-order valence-corrected chi connectivity index (χ4v) is 3.64. The number of anilines is 1. The van der Waals surface area contributed by atoms with Crippen LogP contribution in [0.5, 0.6) is 5.75 Å². The van der Waals surface area contributed by atoms with E-state index in [0.717, 1.165) is 0 Å². The van der Waals surface area contributed by atoms with Gasteiger partial charge in [0.2, 0.25) is 15.9 Å². The predicted molar refractivity (Wildman–Crippen MR) is 97.2 cm³/mol. The van der Waals surface area contributed by atoms with Gasteiger partial charge in [-0.2, -0.15) is 4.31 Å². The molecule has 7 nitrogen and oxygen atoms in total. The number of amides is 1. The third-order valence-electron chi connectivity index (χ3n) is 3.25. The fraction of sp³-hybridized carbons (Fsp3) is 0.533. The number of sulfonamides is 1. The van der Waals surface area contributed by atoms with E-state index in [4.69, 9.17) is 10.5 Å². The summed E-state index contributed by atoms with van der Waals surface area (Å²) in [5.41, 5.74) is 5.88. The Bertz CT molecular complexity index is 646. The molecule has 0 unspecified atom stereocenters. The van der Waals surface area contributed by atoms with Gasteiger partial charge in [-0.05, 0) is 32.0 Å². The molecular weight excluding hydrogens is 354 g/mol. The van der Waals surface area contributed by atoms with Crippen LogP contribution in [0.15, 0.2) is 23.1 Å². The SMILES string of the molecule is CCOc1ccc(NC(=O)[C@H](C)N)cc1S(=O)(=O)N(CC)CC.Cl. The maximum absolute atomic E-state index is 12.8. The number of nitrogens with zero attached hydrogens (tertiary/aromatic N) is 1. The summed E-state index contributed by atoms with van der Waals surface area (Å²) in [6.45, 7) is 7.90. The summed E-state index contributed by atoms with van der Waals surface area (Å²) in [5.74, 6) is -0.126. The summed E-state index contributed by atoms with van der Waals surface area (Å²) < 4.78 is 32.3. The average molecular weight is 380 g/mol. The molecule has 0 saturated carbocycles. The number of carbonyl (C=O) groups is 1. The molecule has 0 saturated heterocycles. The summed E-state index contributed by atoms with van der Waals surface area (Å²) in [7, 11) is -3.71. The van der Waals surface area contributed by atoms with E-state index in [-0.39, 0.29) is 29.0 Å². The maximum Gasteiger partial charge on any atom is 0.246 e. The molecule has 1 aromatic carbocycles. The van der Waals surface area contributed by atoms with E-state index in [0.29, 0.717) is 25.4 Å². The minimum absolute atomic E-state index is 0. The van der Waals surface area contributed by atoms with Crippen LogP contribution in [0.1, 0.15) is 27.7 Å². The molecule has 0 fully saturated rings. The summed E-state index contributed by atoms with van der Waals surface area (Å²) in [6, 6.07) is 3.84. The summed E-state index contributed by atoms with van der Waals surface area (Å²) in [5, 5.41) is 2.60. The van der Waals surface area contributed by atoms with Crippen LogP contribution in [0.25, 0.3) is 0 Å². The summed E-state index contributed by atoms with van der Waals surface area (Å²) >= 11 is 0. The van der Waals surface area contributed by atoms with Gasteiger partial charge in [-0.15, -0.1) is 12.4 Å². The molecule has 0 radical (unpaired) electrons. The molecule has 0 bridgehead atoms. The lowest BCUT2D eigenvalue weighted by atomic mass is 10.2. The van der Waals surface area contributed by atoms with Crippen LogP contribution in [-0.2, 0) is 14.8 Å². The van der Waals surface area contributed by atoms with Crippen LogP contribution in [0.4, 0.5) is 5.69 Å². The van der Waals surface area contributed by atoms with Gasteiger partial charge in [0.05, 0.1) is 12.6 Å². The Labute approximate surface area is 150 Å². The molecule has 0 aromatic heterocycles. The first-order valence-electron chi connectivity index (χ1n) is 7.61. The first-order chi connectivity index (χ1) is 10.8. The number of rotatable bonds is 8. The number of hydrogen-bond acceptors (Lipinski definition) is 5. The van der Waals surface area contributed by atoms with Crippen LogP contribution in [-0.4, -0.2) is 44.4 Å². The van der Waals surface area contributed by atoms with Gasteiger partial charge in [-0.1, -0.05) is 13.8 Å². The number of carbonyl (C=O) groups excluding carboxylic acids is 1. The van der Waals surface area contributed by atoms with Crippen LogP contribution in [0.3, 0.4) is 0 Å². The molecule has 1 rings (SSSR count). The van der Waals surface area contributed by atoms with Crippen molar-refractivity contribution in [2.45, 2.75) is 38.6 Å². The van der Waals surface area contributed by atoms with E-state index in [9.17, 15) is 13.2 Å². The predicted octanol–water partition coefficient (Wildman–Crippen LogP) is 1.82. The Morgan fingerprint density at radius 1 is 1.29 bits per heavy atom. The van der Waals surface area contributed by atoms with Gasteiger partial charge in [-0.3, -0.25) is 4.79 Å². The molecule has 3 N–H and O–H groups in total. The highest BCUT2D eigenvalue weighted by Gasteiger charge is 2.26. The average Bonchev–Trinajstić information content (AvgIpc) is 2.49. The van der Waals surface area contributed by atoms with Crippen molar-refractivity contribution in [3.8, 4) is 5.75 Å². The number of nitrogens with one attached hydrogen (secondary N) is 1. The Hall–Kier alpha value is -1.35. The second kappa shape index (κ2) is 9.83. The second-order valence-corrected chi connectivity index (χ2v) is 6.87. The van der Waals surface area contributed by atoms with Crippen LogP contribution < -0.4 is 15.8 Å². The lowest BCUT2D eigenvalue weighted by Crippen LogP contribution is -2.33. The van der Waals surface area contributed by atoms with Gasteiger partial charge in [0.15, 0.2) is 0 Å². The Morgan fingerprint density at radius 2 is 1.88 bits per heavy atom. The molecule has 138 valence electrons. The summed E-state index contributed by atoms with van der Waals surface area (Å²) in [6.07, 6.45) is 0. The number of hydrogen-bond donors (Lipinski definition) is 2. The van der Waals surface area contributed by atoms with Gasteiger partial charge < -0.3 is 15.8 Å². The highest BCUT2D eigenvalue weighted by atomic mass is 35.5. The van der Waals surface area contributed by atoms with Crippen molar-refractivity contribution in [2.24, 2.45) is 5.73 Å². The third kappa shape index (κ3) is 5.34. The summed E-state index contributed by atoms with van der Waals surface area (Å²) in [4.78, 5) is 11.7. The molecule has 0 aliphatic carbocycles. The molecule has 0 spiro atoms. The number of benzene rings is 1. The highest BCUT2D eigenvalue weighted by molar-refractivity contribution is 7.89. The third-order valence-corrected chi connectivity index (χ3v) is 5.32. The minimum atomic E-state index is -3.71. The molecule has 0 aliphatic rings.